The molecular formula is C16H10N2SSe. The zero-order valence-electron chi connectivity index (χ0n) is 10.5. The number of nitrogens with zero attached hydrogens (tertiary/aromatic N) is 2. The summed E-state index contributed by atoms with van der Waals surface area (Å²) in [6.45, 7) is 0. The second kappa shape index (κ2) is 4.67. The molecule has 4 rings (SSSR count). The molecule has 0 bridgehead atoms. The Morgan fingerprint density at radius 1 is 0.900 bits per heavy atom. The molecule has 0 N–H and O–H groups in total. The van der Waals surface area contributed by atoms with Gasteiger partial charge in [-0.3, -0.25) is 0 Å². The third kappa shape index (κ3) is 1.85. The molecule has 0 aliphatic carbocycles. The van der Waals surface area contributed by atoms with Crippen LogP contribution in [0.2, 0.25) is 0 Å². The zero-order valence-corrected chi connectivity index (χ0v) is 13.0. The van der Waals surface area contributed by atoms with E-state index in [4.69, 9.17) is 17.2 Å². The van der Waals surface area contributed by atoms with Crippen molar-refractivity contribution in [3.05, 3.63) is 65.3 Å². The standard InChI is InChI=1S/C16H10N2SSe/c19-16-12-6-2-4-8-14(12)20-18(16)15-10-9-11-5-1-3-7-13(11)17-15/h1-10H. The van der Waals surface area contributed by atoms with Crippen molar-refractivity contribution in [1.29, 1.82) is 0 Å². The van der Waals surface area contributed by atoms with Crippen LogP contribution >= 0.6 is 12.2 Å². The summed E-state index contributed by atoms with van der Waals surface area (Å²) in [6.07, 6.45) is 0. The van der Waals surface area contributed by atoms with Gasteiger partial charge in [-0.05, 0) is 0 Å². The van der Waals surface area contributed by atoms with Crippen molar-refractivity contribution < 1.29 is 0 Å². The van der Waals surface area contributed by atoms with E-state index in [9.17, 15) is 0 Å². The van der Waals surface area contributed by atoms with Gasteiger partial charge in [0.1, 0.15) is 0 Å². The molecule has 20 heavy (non-hydrogen) atoms. The summed E-state index contributed by atoms with van der Waals surface area (Å²) in [5.41, 5.74) is 1.01. The van der Waals surface area contributed by atoms with Crippen molar-refractivity contribution in [3.8, 4) is 5.82 Å². The number of hydrogen-bond donors (Lipinski definition) is 0. The van der Waals surface area contributed by atoms with Gasteiger partial charge in [-0.1, -0.05) is 0 Å². The van der Waals surface area contributed by atoms with Gasteiger partial charge in [-0.15, -0.1) is 0 Å². The molecule has 0 saturated carbocycles. The molecule has 0 unspecified atom stereocenters. The number of hydrogen-bond acceptors (Lipinski definition) is 2. The quantitative estimate of drug-likeness (QED) is 0.385. The first-order valence-corrected chi connectivity index (χ1v) is 8.33. The minimum absolute atomic E-state index is 0.184. The molecule has 0 spiro atoms. The van der Waals surface area contributed by atoms with Gasteiger partial charge < -0.3 is 0 Å². The molecule has 0 aliphatic rings. The molecule has 2 nitrogen and oxygen atoms in total. The average Bonchev–Trinajstić information content (AvgIpc) is 2.84. The van der Waals surface area contributed by atoms with Crippen LogP contribution in [0.4, 0.5) is 0 Å². The second-order valence-electron chi connectivity index (χ2n) is 4.55. The first-order chi connectivity index (χ1) is 9.83. The van der Waals surface area contributed by atoms with Gasteiger partial charge in [0.25, 0.3) is 0 Å². The van der Waals surface area contributed by atoms with Crippen LogP contribution in [-0.4, -0.2) is 23.3 Å². The second-order valence-corrected chi connectivity index (χ2v) is 7.01. The summed E-state index contributed by atoms with van der Waals surface area (Å²) in [7, 11) is 0. The fourth-order valence-electron chi connectivity index (χ4n) is 2.29. The Kier molecular flexibility index (Phi) is 2.81. The fraction of sp³-hybridized carbons (Fsp3) is 0. The zero-order chi connectivity index (χ0) is 13.5. The minimum atomic E-state index is 0.184. The van der Waals surface area contributed by atoms with E-state index in [1.807, 2.05) is 24.3 Å². The molecule has 2 aromatic heterocycles. The molecule has 0 aliphatic heterocycles. The van der Waals surface area contributed by atoms with E-state index in [0.29, 0.717) is 0 Å². The topological polar surface area (TPSA) is 17.8 Å². The van der Waals surface area contributed by atoms with Gasteiger partial charge in [0, 0.05) is 0 Å². The van der Waals surface area contributed by atoms with Crippen molar-refractivity contribution >= 4 is 47.5 Å². The Labute approximate surface area is 127 Å². The number of para-hydroxylation sites is 1. The third-order valence-electron chi connectivity index (χ3n) is 3.28. The van der Waals surface area contributed by atoms with Crippen LogP contribution in [0.3, 0.4) is 0 Å². The molecule has 4 aromatic rings. The van der Waals surface area contributed by atoms with E-state index in [1.165, 1.54) is 9.65 Å². The number of pyridine rings is 1. The predicted molar refractivity (Wildman–Crippen MR) is 86.4 cm³/mol. The van der Waals surface area contributed by atoms with Crippen LogP contribution < -0.4 is 0 Å². The molecule has 0 amide bonds. The third-order valence-corrected chi connectivity index (χ3v) is 6.26. The van der Waals surface area contributed by atoms with Gasteiger partial charge in [-0.25, -0.2) is 0 Å². The van der Waals surface area contributed by atoms with E-state index >= 15 is 0 Å². The van der Waals surface area contributed by atoms with Crippen LogP contribution in [0.15, 0.2) is 60.7 Å². The maximum atomic E-state index is 5.60. The van der Waals surface area contributed by atoms with E-state index in [-0.39, 0.29) is 14.7 Å². The average molecular weight is 341 g/mol. The maximum absolute atomic E-state index is 5.60. The molecule has 0 atom stereocenters. The fourth-order valence-corrected chi connectivity index (χ4v) is 4.95. The first kappa shape index (κ1) is 12.0. The molecule has 2 aromatic carbocycles. The van der Waals surface area contributed by atoms with Gasteiger partial charge in [0.05, 0.1) is 0 Å². The van der Waals surface area contributed by atoms with Gasteiger partial charge in [0.2, 0.25) is 0 Å². The Hall–Kier alpha value is -1.74. The van der Waals surface area contributed by atoms with Crippen LogP contribution in [0, 0.1) is 4.64 Å². The van der Waals surface area contributed by atoms with Crippen LogP contribution in [-0.2, 0) is 0 Å². The Bertz CT molecular complexity index is 984. The summed E-state index contributed by atoms with van der Waals surface area (Å²) < 4.78 is 4.39. The van der Waals surface area contributed by atoms with Gasteiger partial charge in [0.15, 0.2) is 0 Å². The molecule has 4 heteroatoms. The van der Waals surface area contributed by atoms with Gasteiger partial charge >= 0.3 is 127 Å². The summed E-state index contributed by atoms with van der Waals surface area (Å²) in [5.74, 6) is 0.949. The predicted octanol–water partition coefficient (Wildman–Crippen LogP) is 3.97. The Morgan fingerprint density at radius 2 is 1.70 bits per heavy atom. The molecular weight excluding hydrogens is 331 g/mol. The van der Waals surface area contributed by atoms with Crippen LogP contribution in [0.5, 0.6) is 0 Å². The Balaban J connectivity index is 2.01. The van der Waals surface area contributed by atoms with E-state index in [0.717, 1.165) is 21.4 Å². The molecule has 0 saturated heterocycles. The molecule has 96 valence electrons. The van der Waals surface area contributed by atoms with Crippen molar-refractivity contribution in [3.63, 3.8) is 0 Å². The van der Waals surface area contributed by atoms with E-state index in [2.05, 4.69) is 40.0 Å². The first-order valence-electron chi connectivity index (χ1n) is 6.30. The monoisotopic (exact) mass is 342 g/mol. The summed E-state index contributed by atoms with van der Waals surface area (Å²) in [6, 6.07) is 20.7. The normalized spacial score (nSPS) is 11.2. The molecule has 0 radical (unpaired) electrons. The number of rotatable bonds is 1. The van der Waals surface area contributed by atoms with Crippen LogP contribution in [0.25, 0.3) is 26.4 Å². The van der Waals surface area contributed by atoms with Crippen molar-refractivity contribution in [1.82, 2.24) is 8.55 Å². The van der Waals surface area contributed by atoms with Crippen molar-refractivity contribution in [2.24, 2.45) is 0 Å². The Morgan fingerprint density at radius 3 is 2.60 bits per heavy atom. The van der Waals surface area contributed by atoms with Crippen LogP contribution in [0.1, 0.15) is 0 Å². The van der Waals surface area contributed by atoms with Crippen molar-refractivity contribution in [2.45, 2.75) is 0 Å². The van der Waals surface area contributed by atoms with Gasteiger partial charge in [-0.2, -0.15) is 0 Å². The number of fused-ring (bicyclic) bond motifs is 2. The summed E-state index contributed by atoms with van der Waals surface area (Å²) in [5, 5.41) is 2.34. The SMILES string of the molecule is S=c1c2ccccc2[se]n1-c1ccc2ccccc2n1. The number of aromatic nitrogens is 2. The van der Waals surface area contributed by atoms with Crippen molar-refractivity contribution in [2.75, 3.05) is 0 Å². The van der Waals surface area contributed by atoms with E-state index in [1.54, 1.807) is 0 Å². The summed E-state index contributed by atoms with van der Waals surface area (Å²) in [4.78, 5) is 4.74. The molecule has 0 fully saturated rings. The molecule has 2 heterocycles. The number of benzene rings is 2. The van der Waals surface area contributed by atoms with E-state index < -0.39 is 0 Å². The summed E-state index contributed by atoms with van der Waals surface area (Å²) >= 11 is 5.79.